The number of hydrogen-bond donors (Lipinski definition) is 5. The highest BCUT2D eigenvalue weighted by Crippen LogP contribution is 2.50. The van der Waals surface area contributed by atoms with Crippen LogP contribution in [0.2, 0.25) is 0 Å². The average molecular weight is 634 g/mol. The minimum Gasteiger partial charge on any atom is -0.453 e. The molecule has 43 heavy (non-hydrogen) atoms. The molecule has 0 fully saturated rings. The van der Waals surface area contributed by atoms with Gasteiger partial charge < -0.3 is 21.9 Å². The molecular weight excluding hydrogens is 598 g/mol. The fourth-order valence-electron chi connectivity index (χ4n) is 5.59. The lowest BCUT2D eigenvalue weighted by Crippen LogP contribution is -2.32. The third kappa shape index (κ3) is 6.74. The lowest BCUT2D eigenvalue weighted by Gasteiger charge is -2.31. The first-order valence-electron chi connectivity index (χ1n) is 13.8. The predicted molar refractivity (Wildman–Crippen MR) is 161 cm³/mol. The molecule has 0 bridgehead atoms. The fourth-order valence-corrected chi connectivity index (χ4v) is 7.15. The number of nitrogens with two attached hydrogens (primary N) is 3. The summed E-state index contributed by atoms with van der Waals surface area (Å²) in [6, 6.07) is 1.29. The van der Waals surface area contributed by atoms with Crippen LogP contribution in [0.4, 0.5) is 5.69 Å². The van der Waals surface area contributed by atoms with Crippen LogP contribution in [-0.2, 0) is 29.8 Å². The Balaban J connectivity index is 1.94. The van der Waals surface area contributed by atoms with Crippen molar-refractivity contribution >= 4 is 43.1 Å². The summed E-state index contributed by atoms with van der Waals surface area (Å²) < 4.78 is 75.7. The Labute approximate surface area is 250 Å². The van der Waals surface area contributed by atoms with Crippen molar-refractivity contribution in [3.63, 3.8) is 0 Å². The third-order valence-electron chi connectivity index (χ3n) is 7.65. The van der Waals surface area contributed by atoms with Crippen molar-refractivity contribution in [1.82, 2.24) is 0 Å². The van der Waals surface area contributed by atoms with Crippen LogP contribution in [0.15, 0.2) is 68.7 Å². The number of allylic oxidation sites excluding steroid dienone is 6. The van der Waals surface area contributed by atoms with E-state index in [1.165, 1.54) is 31.2 Å². The maximum atomic E-state index is 13.1. The number of carbonyl (C=O) groups excluding carboxylic acids is 2. The van der Waals surface area contributed by atoms with Gasteiger partial charge in [0.2, 0.25) is 0 Å². The van der Waals surface area contributed by atoms with Crippen LogP contribution < -0.4 is 21.9 Å². The normalized spacial score (nSPS) is 20.5. The molecule has 0 radical (unpaired) electrons. The molecule has 1 heterocycles. The summed E-state index contributed by atoms with van der Waals surface area (Å²) in [6.45, 7) is 1.93. The molecule has 1 aromatic carbocycles. The summed E-state index contributed by atoms with van der Waals surface area (Å²) in [5.74, 6) is -1.73. The highest BCUT2D eigenvalue weighted by atomic mass is 32.2. The maximum absolute atomic E-state index is 13.1. The van der Waals surface area contributed by atoms with E-state index < -0.39 is 53.5 Å². The molecule has 2 atom stereocenters. The van der Waals surface area contributed by atoms with Crippen LogP contribution in [0, 0.1) is 5.92 Å². The zero-order valence-electron chi connectivity index (χ0n) is 23.6. The van der Waals surface area contributed by atoms with Crippen molar-refractivity contribution in [2.75, 3.05) is 12.3 Å². The van der Waals surface area contributed by atoms with Gasteiger partial charge in [-0.1, -0.05) is 37.1 Å². The highest BCUT2D eigenvalue weighted by molar-refractivity contribution is 7.90. The van der Waals surface area contributed by atoms with E-state index in [2.05, 4.69) is 0 Å². The van der Waals surface area contributed by atoms with Gasteiger partial charge in [0.25, 0.3) is 20.2 Å². The molecular formula is C29H35N3O9S2. The first-order valence-corrected chi connectivity index (χ1v) is 16.7. The summed E-state index contributed by atoms with van der Waals surface area (Å²) in [5, 5.41) is 0. The average Bonchev–Trinajstić information content (AvgIpc) is 3.13. The number of ether oxygens (including phenoxy) is 1. The van der Waals surface area contributed by atoms with E-state index in [4.69, 9.17) is 21.9 Å². The Morgan fingerprint density at radius 2 is 1.67 bits per heavy atom. The third-order valence-corrected chi connectivity index (χ3v) is 9.60. The smallest absolute Gasteiger partial charge is 0.300 e. The minimum atomic E-state index is -5.01. The number of Topliss-reactive ketones (excluding diaryl/α,β-unsaturated/α-hetero) is 2. The lowest BCUT2D eigenvalue weighted by molar-refractivity contribution is -0.122. The van der Waals surface area contributed by atoms with E-state index in [1.807, 2.05) is 0 Å². The van der Waals surface area contributed by atoms with Gasteiger partial charge in [-0.2, -0.15) is 16.8 Å². The van der Waals surface area contributed by atoms with E-state index in [-0.39, 0.29) is 52.4 Å². The standard InChI is InChI=1S/C29H35N3O9S2/c1-16(33)18-9-7-17(24(34)6-4-2-3-5-15-30)8-10-19(18)25-20-11-13-22(31)28(42(35,36)37)26(20)41-27-21(25)12-14-23(32)29(27)43(38,39)40/h9-14,17,22H,2-8,15,30-32H2,1H3,(H,35,36,37)(H,38,39,40). The van der Waals surface area contributed by atoms with Gasteiger partial charge in [-0.25, -0.2) is 0 Å². The molecule has 232 valence electrons. The van der Waals surface area contributed by atoms with Crippen molar-refractivity contribution in [1.29, 1.82) is 0 Å². The molecule has 2 aliphatic carbocycles. The maximum Gasteiger partial charge on any atom is 0.300 e. The predicted octanol–water partition coefficient (Wildman–Crippen LogP) is 2.99. The second kappa shape index (κ2) is 12.7. The van der Waals surface area contributed by atoms with Crippen molar-refractivity contribution in [3.8, 4) is 5.75 Å². The summed E-state index contributed by atoms with van der Waals surface area (Å²) in [6.07, 6.45) is 10.4. The van der Waals surface area contributed by atoms with Gasteiger partial charge in [0.05, 0.1) is 11.7 Å². The van der Waals surface area contributed by atoms with Gasteiger partial charge in [-0.3, -0.25) is 18.7 Å². The number of rotatable bonds is 11. The van der Waals surface area contributed by atoms with E-state index >= 15 is 0 Å². The molecule has 12 nitrogen and oxygen atoms in total. The quantitative estimate of drug-likeness (QED) is 0.134. The number of carbonyl (C=O) groups is 2. The number of unbranched alkanes of at least 4 members (excludes halogenated alkanes) is 3. The van der Waals surface area contributed by atoms with Crippen molar-refractivity contribution in [2.24, 2.45) is 17.4 Å². The highest BCUT2D eigenvalue weighted by Gasteiger charge is 2.40. The Morgan fingerprint density at radius 3 is 2.30 bits per heavy atom. The van der Waals surface area contributed by atoms with E-state index in [1.54, 1.807) is 12.2 Å². The number of nitrogen functional groups attached to an aromatic ring is 1. The minimum absolute atomic E-state index is 0.0358. The summed E-state index contributed by atoms with van der Waals surface area (Å²) in [7, 11) is -10.00. The Kier molecular flexibility index (Phi) is 9.59. The SMILES string of the molecule is CC(=O)C1=CCC(C(=O)CCCCCCN)CC=C1C1=C2C=CC(N)C(S(=O)(=O)O)=C2Oc2c1ccc(N)c2S(=O)(=O)O. The Hall–Kier alpha value is -3.40. The number of anilines is 1. The van der Waals surface area contributed by atoms with Crippen LogP contribution in [0.25, 0.3) is 5.57 Å². The molecule has 2 unspecified atom stereocenters. The summed E-state index contributed by atoms with van der Waals surface area (Å²) in [5.41, 5.74) is 17.9. The van der Waals surface area contributed by atoms with Gasteiger partial charge in [-0.15, -0.1) is 0 Å². The van der Waals surface area contributed by atoms with E-state index in [0.717, 1.165) is 19.3 Å². The van der Waals surface area contributed by atoms with Gasteiger partial charge in [0, 0.05) is 34.6 Å². The van der Waals surface area contributed by atoms with Crippen molar-refractivity contribution in [3.05, 3.63) is 69.4 Å². The molecule has 0 aromatic heterocycles. The number of ketones is 2. The van der Waals surface area contributed by atoms with Crippen LogP contribution in [0.5, 0.6) is 5.75 Å². The first-order chi connectivity index (χ1) is 20.2. The Bertz CT molecular complexity index is 1730. The number of hydrogen-bond acceptors (Lipinski definition) is 10. The molecule has 1 aliphatic heterocycles. The summed E-state index contributed by atoms with van der Waals surface area (Å²) in [4.78, 5) is 24.5. The molecule has 4 rings (SSSR count). The topological polar surface area (TPSA) is 230 Å². The largest absolute Gasteiger partial charge is 0.453 e. The van der Waals surface area contributed by atoms with Crippen molar-refractivity contribution in [2.45, 2.75) is 62.8 Å². The molecule has 14 heteroatoms. The molecule has 0 saturated heterocycles. The van der Waals surface area contributed by atoms with Gasteiger partial charge in [0.1, 0.15) is 10.7 Å². The molecule has 0 amide bonds. The molecule has 0 spiro atoms. The molecule has 3 aliphatic rings. The number of fused-ring (bicyclic) bond motifs is 2. The van der Waals surface area contributed by atoms with Crippen LogP contribution in [0.3, 0.4) is 0 Å². The van der Waals surface area contributed by atoms with Crippen LogP contribution in [0.1, 0.15) is 57.4 Å². The molecule has 0 saturated carbocycles. The van der Waals surface area contributed by atoms with Crippen molar-refractivity contribution < 1.29 is 40.3 Å². The lowest BCUT2D eigenvalue weighted by atomic mass is 9.82. The summed E-state index contributed by atoms with van der Waals surface area (Å²) >= 11 is 0. The zero-order chi connectivity index (χ0) is 31.7. The second-order valence-corrected chi connectivity index (χ2v) is 13.4. The number of benzene rings is 1. The first kappa shape index (κ1) is 32.5. The fraction of sp³-hybridized carbons (Fsp3) is 0.379. The molecule has 1 aromatic rings. The van der Waals surface area contributed by atoms with Gasteiger partial charge >= 0.3 is 0 Å². The zero-order valence-corrected chi connectivity index (χ0v) is 25.2. The Morgan fingerprint density at radius 1 is 1.00 bits per heavy atom. The second-order valence-electron chi connectivity index (χ2n) is 10.7. The van der Waals surface area contributed by atoms with E-state index in [9.17, 15) is 35.5 Å². The van der Waals surface area contributed by atoms with Crippen LogP contribution >= 0.6 is 0 Å². The monoisotopic (exact) mass is 633 g/mol. The van der Waals surface area contributed by atoms with Gasteiger partial charge in [-0.05, 0) is 56.9 Å². The molecule has 8 N–H and O–H groups in total. The van der Waals surface area contributed by atoms with E-state index in [0.29, 0.717) is 25.0 Å². The van der Waals surface area contributed by atoms with Crippen LogP contribution in [-0.4, -0.2) is 50.1 Å². The van der Waals surface area contributed by atoms with Gasteiger partial charge in [0.15, 0.2) is 22.2 Å².